The zero-order valence-corrected chi connectivity index (χ0v) is 17.0. The fourth-order valence-electron chi connectivity index (χ4n) is 4.79. The van der Waals surface area contributed by atoms with E-state index in [4.69, 9.17) is 0 Å². The molecule has 3 atom stereocenters. The van der Waals surface area contributed by atoms with Gasteiger partial charge in [0, 0.05) is 31.6 Å². The van der Waals surface area contributed by atoms with E-state index in [2.05, 4.69) is 43.1 Å². The third-order valence-corrected chi connectivity index (χ3v) is 6.12. The fraction of sp³-hybridized carbons (Fsp3) is 0.409. The number of fused-ring (bicyclic) bond motifs is 1. The molecule has 4 rings (SSSR count). The summed E-state index contributed by atoms with van der Waals surface area (Å²) in [5.74, 6) is -0.136. The minimum Gasteiger partial charge on any atom is -0.505 e. The van der Waals surface area contributed by atoms with E-state index < -0.39 is 5.82 Å². The van der Waals surface area contributed by atoms with E-state index in [9.17, 15) is 14.3 Å². The molecule has 6 heteroatoms. The number of amides is 1. The first-order valence-corrected chi connectivity index (χ1v) is 9.45. The van der Waals surface area contributed by atoms with Crippen molar-refractivity contribution in [3.8, 4) is 5.75 Å². The Kier molecular flexibility index (Phi) is 5.96. The van der Waals surface area contributed by atoms with Gasteiger partial charge in [0.15, 0.2) is 11.6 Å². The number of phenols is 1. The molecule has 2 heterocycles. The third-order valence-electron chi connectivity index (χ3n) is 6.12. The molecule has 28 heavy (non-hydrogen) atoms. The highest BCUT2D eigenvalue weighted by molar-refractivity contribution is 5.85. The lowest BCUT2D eigenvalue weighted by Gasteiger charge is -2.28. The topological polar surface area (TPSA) is 43.8 Å². The summed E-state index contributed by atoms with van der Waals surface area (Å²) in [4.78, 5) is 17.1. The van der Waals surface area contributed by atoms with Gasteiger partial charge < -0.3 is 10.0 Å². The minimum atomic E-state index is -0.681. The van der Waals surface area contributed by atoms with Gasteiger partial charge in [0.25, 0.3) is 0 Å². The van der Waals surface area contributed by atoms with Gasteiger partial charge >= 0.3 is 0 Å². The maximum Gasteiger partial charge on any atom is 0.227 e. The Balaban J connectivity index is 0.00000225. The van der Waals surface area contributed by atoms with E-state index in [1.165, 1.54) is 23.3 Å². The highest BCUT2D eigenvalue weighted by atomic mass is 35.5. The highest BCUT2D eigenvalue weighted by Gasteiger charge is 2.47. The van der Waals surface area contributed by atoms with Crippen LogP contribution < -0.4 is 0 Å². The Morgan fingerprint density at radius 2 is 1.93 bits per heavy atom. The van der Waals surface area contributed by atoms with Crippen LogP contribution in [0.15, 0.2) is 42.5 Å². The summed E-state index contributed by atoms with van der Waals surface area (Å²) >= 11 is 0. The first kappa shape index (κ1) is 20.6. The number of aryl methyl sites for hydroxylation is 1. The molecule has 2 saturated heterocycles. The first-order valence-electron chi connectivity index (χ1n) is 9.45. The van der Waals surface area contributed by atoms with Crippen LogP contribution >= 0.6 is 12.4 Å². The van der Waals surface area contributed by atoms with Crippen LogP contribution in [0, 0.1) is 24.6 Å². The van der Waals surface area contributed by atoms with Crippen molar-refractivity contribution < 1.29 is 14.3 Å². The summed E-state index contributed by atoms with van der Waals surface area (Å²) in [7, 11) is 2.17. The lowest BCUT2D eigenvalue weighted by Crippen LogP contribution is -2.34. The first-order chi connectivity index (χ1) is 12.9. The molecule has 4 nitrogen and oxygen atoms in total. The lowest BCUT2D eigenvalue weighted by atomic mass is 9.88. The van der Waals surface area contributed by atoms with Gasteiger partial charge in [0.2, 0.25) is 5.91 Å². The number of hydrogen-bond acceptors (Lipinski definition) is 3. The van der Waals surface area contributed by atoms with E-state index in [-0.39, 0.29) is 30.5 Å². The van der Waals surface area contributed by atoms with Gasteiger partial charge in [0.05, 0.1) is 6.42 Å². The van der Waals surface area contributed by atoms with Crippen molar-refractivity contribution in [3.63, 3.8) is 0 Å². The molecule has 0 bridgehead atoms. The number of hydrogen-bond donors (Lipinski definition) is 1. The average molecular weight is 405 g/mol. The van der Waals surface area contributed by atoms with Crippen molar-refractivity contribution in [3.05, 3.63) is 65.0 Å². The molecule has 1 N–H and O–H groups in total. The van der Waals surface area contributed by atoms with Crippen LogP contribution in [-0.2, 0) is 11.2 Å². The molecule has 2 fully saturated rings. The largest absolute Gasteiger partial charge is 0.505 e. The van der Waals surface area contributed by atoms with Crippen LogP contribution in [0.1, 0.15) is 22.7 Å². The van der Waals surface area contributed by atoms with E-state index >= 15 is 0 Å². The monoisotopic (exact) mass is 404 g/mol. The van der Waals surface area contributed by atoms with Gasteiger partial charge in [0.1, 0.15) is 0 Å². The van der Waals surface area contributed by atoms with Gasteiger partial charge in [-0.25, -0.2) is 4.39 Å². The molecule has 2 aliphatic heterocycles. The number of carbonyl (C=O) groups excluding carboxylic acids is 1. The van der Waals surface area contributed by atoms with Gasteiger partial charge in [-0.1, -0.05) is 30.3 Å². The zero-order valence-electron chi connectivity index (χ0n) is 16.1. The van der Waals surface area contributed by atoms with Crippen molar-refractivity contribution in [1.29, 1.82) is 0 Å². The molecule has 0 aromatic heterocycles. The molecular weight excluding hydrogens is 379 g/mol. The van der Waals surface area contributed by atoms with Gasteiger partial charge in [-0.15, -0.1) is 12.4 Å². The maximum atomic E-state index is 13.5. The summed E-state index contributed by atoms with van der Waals surface area (Å²) < 4.78 is 13.5. The van der Waals surface area contributed by atoms with E-state index in [0.29, 0.717) is 23.4 Å². The zero-order chi connectivity index (χ0) is 19.1. The van der Waals surface area contributed by atoms with Gasteiger partial charge in [-0.3, -0.25) is 9.69 Å². The number of rotatable bonds is 3. The predicted octanol–water partition coefficient (Wildman–Crippen LogP) is 3.57. The van der Waals surface area contributed by atoms with E-state index in [1.807, 2.05) is 4.90 Å². The number of benzene rings is 2. The number of carbonyl (C=O) groups is 1. The fourth-order valence-corrected chi connectivity index (χ4v) is 4.79. The summed E-state index contributed by atoms with van der Waals surface area (Å²) in [6, 6.07) is 13.0. The molecule has 0 aliphatic carbocycles. The summed E-state index contributed by atoms with van der Waals surface area (Å²) in [5.41, 5.74) is 3.24. The Morgan fingerprint density at radius 1 is 1.18 bits per heavy atom. The summed E-state index contributed by atoms with van der Waals surface area (Å²) in [6.07, 6.45) is 0.168. The molecule has 2 aliphatic rings. The summed E-state index contributed by atoms with van der Waals surface area (Å²) in [5, 5.41) is 9.31. The van der Waals surface area contributed by atoms with Crippen LogP contribution in [0.5, 0.6) is 5.75 Å². The SMILES string of the molecule is Cc1ccccc1[C@@H]1[C@@H]2CN(C(=O)Cc3ccc(O)c(F)c3)C[C@@H]2CN1C.Cl. The number of aromatic hydroxyl groups is 1. The van der Waals surface area contributed by atoms with Crippen LogP contribution in [0.4, 0.5) is 4.39 Å². The van der Waals surface area contributed by atoms with Crippen molar-refractivity contribution in [1.82, 2.24) is 9.80 Å². The van der Waals surface area contributed by atoms with E-state index in [0.717, 1.165) is 19.6 Å². The Bertz CT molecular complexity index is 875. The maximum absolute atomic E-state index is 13.5. The summed E-state index contributed by atoms with van der Waals surface area (Å²) in [6.45, 7) is 4.64. The van der Waals surface area contributed by atoms with Crippen molar-refractivity contribution >= 4 is 18.3 Å². The lowest BCUT2D eigenvalue weighted by molar-refractivity contribution is -0.129. The molecular formula is C22H26ClFN2O2. The van der Waals surface area contributed by atoms with Crippen LogP contribution in [0.3, 0.4) is 0 Å². The normalized spacial score (nSPS) is 24.1. The molecule has 0 saturated carbocycles. The molecule has 150 valence electrons. The second-order valence-corrected chi connectivity index (χ2v) is 7.93. The third kappa shape index (κ3) is 3.74. The number of likely N-dealkylation sites (tertiary alicyclic amines) is 2. The van der Waals surface area contributed by atoms with Crippen molar-refractivity contribution in [2.45, 2.75) is 19.4 Å². The number of phenolic OH excluding ortho intramolecular Hbond substituents is 1. The van der Waals surface area contributed by atoms with Crippen LogP contribution in [0.25, 0.3) is 0 Å². The van der Waals surface area contributed by atoms with E-state index in [1.54, 1.807) is 6.07 Å². The van der Waals surface area contributed by atoms with Crippen molar-refractivity contribution in [2.24, 2.45) is 11.8 Å². The minimum absolute atomic E-state index is 0. The van der Waals surface area contributed by atoms with Crippen LogP contribution in [-0.4, -0.2) is 47.5 Å². The molecule has 2 aromatic rings. The quantitative estimate of drug-likeness (QED) is 0.850. The Labute approximate surface area is 171 Å². The Morgan fingerprint density at radius 3 is 2.64 bits per heavy atom. The molecule has 1 amide bonds. The van der Waals surface area contributed by atoms with Gasteiger partial charge in [-0.2, -0.15) is 0 Å². The molecule has 2 aromatic carbocycles. The molecule has 0 spiro atoms. The number of nitrogens with zero attached hydrogens (tertiary/aromatic N) is 2. The standard InChI is InChI=1S/C22H25FN2O2.ClH/c1-14-5-3-4-6-17(14)22-18-13-25(12-16(18)11-24(22)2)21(27)10-15-7-8-20(26)19(23)9-15;/h3-9,16,18,22,26H,10-13H2,1-2H3;1H/t16-,18+,22+;/m0./s1. The highest BCUT2D eigenvalue weighted by Crippen LogP contribution is 2.44. The van der Waals surface area contributed by atoms with Gasteiger partial charge in [-0.05, 0) is 48.7 Å². The van der Waals surface area contributed by atoms with Crippen molar-refractivity contribution in [2.75, 3.05) is 26.7 Å². The average Bonchev–Trinajstić information content (AvgIpc) is 3.16. The second-order valence-electron chi connectivity index (χ2n) is 7.93. The second kappa shape index (κ2) is 8.10. The molecule has 0 radical (unpaired) electrons. The predicted molar refractivity (Wildman–Crippen MR) is 109 cm³/mol. The molecule has 0 unspecified atom stereocenters. The number of halogens is 2. The smallest absolute Gasteiger partial charge is 0.227 e. The van der Waals surface area contributed by atoms with Crippen LogP contribution in [0.2, 0.25) is 0 Å². The Hall–Kier alpha value is -2.11.